The van der Waals surface area contributed by atoms with Crippen molar-refractivity contribution < 1.29 is 24.2 Å². The molecule has 0 aromatic heterocycles. The predicted molar refractivity (Wildman–Crippen MR) is 135 cm³/mol. The molecule has 0 fully saturated rings. The molecular formula is C27H42N2O5. The van der Waals surface area contributed by atoms with Gasteiger partial charge < -0.3 is 20.5 Å². The number of carboxylic acid groups (broad SMARTS) is 1. The molecule has 1 amide bonds. The lowest BCUT2D eigenvalue weighted by Gasteiger charge is -2.36. The monoisotopic (exact) mass is 474 g/mol. The van der Waals surface area contributed by atoms with E-state index in [-0.39, 0.29) is 35.8 Å². The van der Waals surface area contributed by atoms with Crippen LogP contribution >= 0.6 is 0 Å². The Morgan fingerprint density at radius 1 is 1.06 bits per heavy atom. The van der Waals surface area contributed by atoms with Gasteiger partial charge in [-0.1, -0.05) is 84.9 Å². The molecule has 0 saturated heterocycles. The van der Waals surface area contributed by atoms with Gasteiger partial charge in [0.1, 0.15) is 6.10 Å². The fraction of sp³-hybridized carbons (Fsp3) is 0.593. The van der Waals surface area contributed by atoms with Gasteiger partial charge in [0, 0.05) is 24.1 Å². The van der Waals surface area contributed by atoms with E-state index >= 15 is 0 Å². The second-order valence-electron chi connectivity index (χ2n) is 10.8. The average molecular weight is 475 g/mol. The molecule has 0 saturated carbocycles. The van der Waals surface area contributed by atoms with E-state index in [0.29, 0.717) is 0 Å². The standard InChI is InChI=1S/C27H42N2O5/c1-17(2)20(15-18(3)25(32)33)28-16-21(30)22(26(4,5)6)29-24(31)23(34-9)27(7,8)19-13-11-10-12-14-19/h10-15,17,20,22-23,28H,16H2,1-9H3,(H,29,31)(H,32,33)/t20-,22-,23-/m1/s1. The van der Waals surface area contributed by atoms with Gasteiger partial charge in [0.05, 0.1) is 12.6 Å². The smallest absolute Gasteiger partial charge is 0.331 e. The van der Waals surface area contributed by atoms with Crippen LogP contribution in [0.4, 0.5) is 0 Å². The second kappa shape index (κ2) is 12.3. The summed E-state index contributed by atoms with van der Waals surface area (Å²) in [6.07, 6.45) is 0.818. The van der Waals surface area contributed by atoms with Gasteiger partial charge in [0.25, 0.3) is 5.91 Å². The zero-order chi connectivity index (χ0) is 26.3. The summed E-state index contributed by atoms with van der Waals surface area (Å²) in [5, 5.41) is 15.3. The minimum atomic E-state index is -0.995. The van der Waals surface area contributed by atoms with E-state index < -0.39 is 28.9 Å². The number of amides is 1. The maximum atomic E-state index is 13.3. The predicted octanol–water partition coefficient (Wildman–Crippen LogP) is 3.72. The van der Waals surface area contributed by atoms with Crippen LogP contribution in [0.15, 0.2) is 42.0 Å². The number of ketones is 1. The zero-order valence-electron chi connectivity index (χ0n) is 22.1. The summed E-state index contributed by atoms with van der Waals surface area (Å²) < 4.78 is 5.62. The number of hydrogen-bond donors (Lipinski definition) is 3. The first-order chi connectivity index (χ1) is 15.6. The van der Waals surface area contributed by atoms with Crippen molar-refractivity contribution in [1.82, 2.24) is 10.6 Å². The third-order valence-electron chi connectivity index (χ3n) is 6.12. The highest BCUT2D eigenvalue weighted by Gasteiger charge is 2.40. The van der Waals surface area contributed by atoms with Crippen molar-refractivity contribution in [2.75, 3.05) is 13.7 Å². The van der Waals surface area contributed by atoms with Crippen molar-refractivity contribution in [3.05, 3.63) is 47.5 Å². The third kappa shape index (κ3) is 8.06. The number of Topliss-reactive ketones (excluding diaryl/α,β-unsaturated/α-hetero) is 1. The Morgan fingerprint density at radius 3 is 2.06 bits per heavy atom. The van der Waals surface area contributed by atoms with Crippen LogP contribution in [0.3, 0.4) is 0 Å². The van der Waals surface area contributed by atoms with Gasteiger partial charge in [0.2, 0.25) is 0 Å². The zero-order valence-corrected chi connectivity index (χ0v) is 22.1. The number of carboxylic acids is 1. The molecule has 0 spiro atoms. The van der Waals surface area contributed by atoms with Crippen molar-refractivity contribution in [2.45, 2.75) is 79.0 Å². The molecule has 7 nitrogen and oxygen atoms in total. The number of benzene rings is 1. The van der Waals surface area contributed by atoms with Crippen molar-refractivity contribution >= 4 is 17.7 Å². The lowest BCUT2D eigenvalue weighted by atomic mass is 9.78. The molecule has 0 heterocycles. The van der Waals surface area contributed by atoms with Gasteiger partial charge in [-0.25, -0.2) is 4.79 Å². The highest BCUT2D eigenvalue weighted by Crippen LogP contribution is 2.30. The average Bonchev–Trinajstić information content (AvgIpc) is 2.74. The number of nitrogens with one attached hydrogen (secondary N) is 2. The minimum absolute atomic E-state index is 0.00576. The first-order valence-corrected chi connectivity index (χ1v) is 11.7. The van der Waals surface area contributed by atoms with Crippen molar-refractivity contribution in [3.8, 4) is 0 Å². The van der Waals surface area contributed by atoms with Crippen LogP contribution in [0.1, 0.15) is 61.0 Å². The minimum Gasteiger partial charge on any atom is -0.478 e. The Hall–Kier alpha value is -2.51. The quantitative estimate of drug-likeness (QED) is 0.399. The highest BCUT2D eigenvalue weighted by molar-refractivity contribution is 5.93. The van der Waals surface area contributed by atoms with Crippen LogP contribution < -0.4 is 10.6 Å². The molecule has 0 aliphatic carbocycles. The third-order valence-corrected chi connectivity index (χ3v) is 6.12. The Kier molecular flexibility index (Phi) is 10.7. The summed E-state index contributed by atoms with van der Waals surface area (Å²) in [5.41, 5.74) is 0.0122. The van der Waals surface area contributed by atoms with Gasteiger partial charge in [-0.05, 0) is 23.8 Å². The second-order valence-corrected chi connectivity index (χ2v) is 10.8. The molecule has 1 rings (SSSR count). The lowest BCUT2D eigenvalue weighted by molar-refractivity contribution is -0.139. The van der Waals surface area contributed by atoms with E-state index in [1.54, 1.807) is 6.08 Å². The fourth-order valence-electron chi connectivity index (χ4n) is 3.89. The summed E-state index contributed by atoms with van der Waals surface area (Å²) >= 11 is 0. The number of carbonyl (C=O) groups is 3. The number of hydrogen-bond acceptors (Lipinski definition) is 5. The van der Waals surface area contributed by atoms with Gasteiger partial charge in [-0.15, -0.1) is 0 Å². The van der Waals surface area contributed by atoms with Crippen LogP contribution in [0.25, 0.3) is 0 Å². The molecule has 1 aromatic rings. The van der Waals surface area contributed by atoms with Crippen molar-refractivity contribution in [2.24, 2.45) is 11.3 Å². The van der Waals surface area contributed by atoms with Gasteiger partial charge in [0.15, 0.2) is 5.78 Å². The van der Waals surface area contributed by atoms with Crippen LogP contribution in [-0.4, -0.2) is 54.6 Å². The first kappa shape index (κ1) is 29.5. The summed E-state index contributed by atoms with van der Waals surface area (Å²) in [5.74, 6) is -1.45. The Balaban J connectivity index is 3.06. The Labute approximate surface area is 204 Å². The van der Waals surface area contributed by atoms with Crippen LogP contribution in [0, 0.1) is 11.3 Å². The normalized spacial score (nSPS) is 15.5. The summed E-state index contributed by atoms with van der Waals surface area (Å²) in [4.78, 5) is 37.8. The van der Waals surface area contributed by atoms with E-state index in [4.69, 9.17) is 4.74 Å². The molecular weight excluding hydrogens is 432 g/mol. The van der Waals surface area contributed by atoms with Crippen LogP contribution in [0.5, 0.6) is 0 Å². The van der Waals surface area contributed by atoms with Gasteiger partial charge in [-0.2, -0.15) is 0 Å². The molecule has 0 aliphatic rings. The van der Waals surface area contributed by atoms with Crippen LogP contribution in [0.2, 0.25) is 0 Å². The Morgan fingerprint density at radius 2 is 1.62 bits per heavy atom. The largest absolute Gasteiger partial charge is 0.478 e. The first-order valence-electron chi connectivity index (χ1n) is 11.7. The number of methoxy groups -OCH3 is 1. The fourth-order valence-corrected chi connectivity index (χ4v) is 3.89. The molecule has 3 N–H and O–H groups in total. The van der Waals surface area contributed by atoms with Crippen molar-refractivity contribution in [3.63, 3.8) is 0 Å². The van der Waals surface area contributed by atoms with E-state index in [9.17, 15) is 19.5 Å². The maximum Gasteiger partial charge on any atom is 0.331 e. The molecule has 0 radical (unpaired) electrons. The summed E-state index contributed by atoms with van der Waals surface area (Å²) in [6.45, 7) is 15.0. The molecule has 0 aliphatic heterocycles. The SMILES string of the molecule is CO[C@H](C(=O)N[C@H](C(=O)CN[C@H](C=C(C)C(=O)O)C(C)C)C(C)(C)C)C(C)(C)c1ccccc1. The Bertz CT molecular complexity index is 869. The number of aliphatic carboxylic acids is 1. The number of rotatable bonds is 12. The topological polar surface area (TPSA) is 105 Å². The number of carbonyl (C=O) groups excluding carboxylic acids is 2. The molecule has 7 heteroatoms. The van der Waals surface area contributed by atoms with E-state index in [1.807, 2.05) is 78.8 Å². The lowest BCUT2D eigenvalue weighted by Crippen LogP contribution is -2.57. The maximum absolute atomic E-state index is 13.3. The van der Waals surface area contributed by atoms with E-state index in [2.05, 4.69) is 10.6 Å². The van der Waals surface area contributed by atoms with Gasteiger partial charge in [-0.3, -0.25) is 9.59 Å². The van der Waals surface area contributed by atoms with E-state index in [1.165, 1.54) is 14.0 Å². The van der Waals surface area contributed by atoms with E-state index in [0.717, 1.165) is 5.56 Å². The van der Waals surface area contributed by atoms with Crippen molar-refractivity contribution in [1.29, 1.82) is 0 Å². The molecule has 190 valence electrons. The number of ether oxygens (including phenoxy) is 1. The molecule has 0 bridgehead atoms. The molecule has 0 unspecified atom stereocenters. The molecule has 1 aromatic carbocycles. The molecule has 34 heavy (non-hydrogen) atoms. The summed E-state index contributed by atoms with van der Waals surface area (Å²) in [6, 6.07) is 8.61. The molecule has 3 atom stereocenters. The van der Waals surface area contributed by atoms with Crippen LogP contribution in [-0.2, 0) is 24.5 Å². The summed E-state index contributed by atoms with van der Waals surface area (Å²) in [7, 11) is 1.49. The van der Waals surface area contributed by atoms with Gasteiger partial charge >= 0.3 is 5.97 Å². The highest BCUT2D eigenvalue weighted by atomic mass is 16.5.